The Balaban J connectivity index is 1.45. The van der Waals surface area contributed by atoms with E-state index in [0.717, 1.165) is 59.3 Å². The third kappa shape index (κ3) is 3.47. The summed E-state index contributed by atoms with van der Waals surface area (Å²) in [6, 6.07) is 13.6. The number of carbonyl (C=O) groups excluding carboxylic acids is 1. The highest BCUT2D eigenvalue weighted by atomic mass is 16.1. The number of nitrogens with one attached hydrogen (secondary N) is 4. The molecule has 146 valence electrons. The number of amides is 1. The van der Waals surface area contributed by atoms with Crippen LogP contribution in [0.4, 0.5) is 5.69 Å². The number of piperidine rings is 1. The number of hydrogen-bond acceptors (Lipinski definition) is 6. The van der Waals surface area contributed by atoms with E-state index in [2.05, 4.69) is 41.5 Å². The average Bonchev–Trinajstić information content (AvgIpc) is 3.44. The van der Waals surface area contributed by atoms with Gasteiger partial charge in [0.15, 0.2) is 0 Å². The predicted octanol–water partition coefficient (Wildman–Crippen LogP) is 2.35. The Morgan fingerprint density at radius 2 is 2.07 bits per heavy atom. The van der Waals surface area contributed by atoms with Crippen molar-refractivity contribution >= 4 is 22.5 Å². The summed E-state index contributed by atoms with van der Waals surface area (Å²) in [6.07, 6.45) is 1.95. The van der Waals surface area contributed by atoms with Crippen molar-refractivity contribution in [3.05, 3.63) is 42.5 Å². The van der Waals surface area contributed by atoms with Crippen LogP contribution in [0.2, 0.25) is 0 Å². The van der Waals surface area contributed by atoms with Gasteiger partial charge in [-0.25, -0.2) is 0 Å². The average molecular weight is 388 g/mol. The Labute approximate surface area is 166 Å². The van der Waals surface area contributed by atoms with Gasteiger partial charge in [0.1, 0.15) is 0 Å². The van der Waals surface area contributed by atoms with Crippen LogP contribution in [0.1, 0.15) is 12.8 Å². The Kier molecular flexibility index (Phi) is 4.49. The summed E-state index contributed by atoms with van der Waals surface area (Å²) in [6.45, 7) is 1.71. The second-order valence-corrected chi connectivity index (χ2v) is 7.18. The first kappa shape index (κ1) is 17.5. The number of anilines is 1. The molecule has 1 aliphatic heterocycles. The molecule has 2 aromatic heterocycles. The molecule has 29 heavy (non-hydrogen) atoms. The standard InChI is InChI=1S/C20H20N8O/c29-20(14-4-2-8-21-11-14)22-15-5-1-3-12(9-15)18-16-10-13(19-25-27-28-26-19)6-7-17(16)23-24-18/h1,3,5-7,9-10,14,21H,2,4,8,11H2,(H,22,29)(H,23,24)(H,25,26,27,28). The maximum Gasteiger partial charge on any atom is 0.228 e. The largest absolute Gasteiger partial charge is 0.326 e. The number of rotatable bonds is 4. The first-order valence-corrected chi connectivity index (χ1v) is 9.62. The SMILES string of the molecule is O=C(Nc1cccc(-c2n[nH]c3ccc(-c4nn[nH]n4)cc23)c1)C1CCCNC1. The van der Waals surface area contributed by atoms with Crippen molar-refractivity contribution in [2.24, 2.45) is 5.92 Å². The highest BCUT2D eigenvalue weighted by molar-refractivity contribution is 5.97. The molecule has 0 aliphatic carbocycles. The maximum atomic E-state index is 12.6. The number of aromatic nitrogens is 6. The van der Waals surface area contributed by atoms with Gasteiger partial charge in [-0.3, -0.25) is 9.89 Å². The first-order valence-electron chi connectivity index (χ1n) is 9.62. The number of tetrazole rings is 1. The molecule has 0 spiro atoms. The summed E-state index contributed by atoms with van der Waals surface area (Å²) in [4.78, 5) is 12.6. The molecule has 1 atom stereocenters. The van der Waals surface area contributed by atoms with Crippen molar-refractivity contribution in [3.63, 3.8) is 0 Å². The fraction of sp³-hybridized carbons (Fsp3) is 0.250. The number of aromatic amines is 2. The zero-order valence-corrected chi connectivity index (χ0v) is 15.6. The lowest BCUT2D eigenvalue weighted by Gasteiger charge is -2.22. The first-order chi connectivity index (χ1) is 14.3. The fourth-order valence-corrected chi connectivity index (χ4v) is 3.72. The molecule has 3 heterocycles. The molecule has 9 heteroatoms. The van der Waals surface area contributed by atoms with Crippen molar-refractivity contribution in [3.8, 4) is 22.6 Å². The van der Waals surface area contributed by atoms with Gasteiger partial charge in [0, 0.05) is 28.7 Å². The quantitative estimate of drug-likeness (QED) is 0.425. The number of benzene rings is 2. The molecule has 0 bridgehead atoms. The Morgan fingerprint density at radius 3 is 2.90 bits per heavy atom. The van der Waals surface area contributed by atoms with Crippen LogP contribution in [0.3, 0.4) is 0 Å². The van der Waals surface area contributed by atoms with Gasteiger partial charge in [0.05, 0.1) is 17.1 Å². The van der Waals surface area contributed by atoms with E-state index in [9.17, 15) is 4.79 Å². The molecule has 1 saturated heterocycles. The molecule has 2 aromatic carbocycles. The van der Waals surface area contributed by atoms with Gasteiger partial charge in [-0.1, -0.05) is 12.1 Å². The summed E-state index contributed by atoms with van der Waals surface area (Å²) in [7, 11) is 0. The number of nitrogens with zero attached hydrogens (tertiary/aromatic N) is 4. The monoisotopic (exact) mass is 388 g/mol. The molecule has 4 aromatic rings. The molecule has 5 rings (SSSR count). The molecule has 1 amide bonds. The van der Waals surface area contributed by atoms with Gasteiger partial charge < -0.3 is 10.6 Å². The lowest BCUT2D eigenvalue weighted by molar-refractivity contribution is -0.120. The molecule has 4 N–H and O–H groups in total. The molecular formula is C20H20N8O. The summed E-state index contributed by atoms with van der Waals surface area (Å²) in [5.41, 5.74) is 4.25. The number of carbonyl (C=O) groups is 1. The number of fused-ring (bicyclic) bond motifs is 1. The van der Waals surface area contributed by atoms with Crippen LogP contribution >= 0.6 is 0 Å². The normalized spacial score (nSPS) is 16.8. The number of H-pyrrole nitrogens is 2. The van der Waals surface area contributed by atoms with Crippen molar-refractivity contribution < 1.29 is 4.79 Å². The molecule has 1 fully saturated rings. The van der Waals surface area contributed by atoms with Crippen molar-refractivity contribution in [1.29, 1.82) is 0 Å². The minimum Gasteiger partial charge on any atom is -0.326 e. The van der Waals surface area contributed by atoms with E-state index in [0.29, 0.717) is 5.82 Å². The second kappa shape index (κ2) is 7.44. The topological polar surface area (TPSA) is 124 Å². The van der Waals surface area contributed by atoms with E-state index in [1.807, 2.05) is 42.5 Å². The van der Waals surface area contributed by atoms with Gasteiger partial charge in [-0.05, 0) is 54.9 Å². The Bertz CT molecular complexity index is 1140. The van der Waals surface area contributed by atoms with E-state index in [1.54, 1.807) is 0 Å². The van der Waals surface area contributed by atoms with Gasteiger partial charge >= 0.3 is 0 Å². The summed E-state index contributed by atoms with van der Waals surface area (Å²) < 4.78 is 0. The Hall–Kier alpha value is -3.59. The Morgan fingerprint density at radius 1 is 1.10 bits per heavy atom. The van der Waals surface area contributed by atoms with Gasteiger partial charge in [0.25, 0.3) is 0 Å². The van der Waals surface area contributed by atoms with Crippen LogP contribution in [0.25, 0.3) is 33.5 Å². The van der Waals surface area contributed by atoms with Crippen LogP contribution in [0.15, 0.2) is 42.5 Å². The van der Waals surface area contributed by atoms with Crippen LogP contribution in [-0.2, 0) is 4.79 Å². The molecular weight excluding hydrogens is 368 g/mol. The zero-order chi connectivity index (χ0) is 19.6. The molecule has 0 radical (unpaired) electrons. The van der Waals surface area contributed by atoms with E-state index < -0.39 is 0 Å². The molecule has 1 unspecified atom stereocenters. The summed E-state index contributed by atoms with van der Waals surface area (Å²) in [5, 5.41) is 29.0. The maximum absolute atomic E-state index is 12.6. The van der Waals surface area contributed by atoms with Gasteiger partial charge in [-0.2, -0.15) is 10.3 Å². The van der Waals surface area contributed by atoms with Crippen LogP contribution in [-0.4, -0.2) is 49.8 Å². The third-order valence-corrected chi connectivity index (χ3v) is 5.24. The highest BCUT2D eigenvalue weighted by Gasteiger charge is 2.21. The van der Waals surface area contributed by atoms with Crippen molar-refractivity contribution in [2.45, 2.75) is 12.8 Å². The lowest BCUT2D eigenvalue weighted by atomic mass is 9.98. The molecule has 0 saturated carbocycles. The summed E-state index contributed by atoms with van der Waals surface area (Å²) >= 11 is 0. The lowest BCUT2D eigenvalue weighted by Crippen LogP contribution is -2.37. The molecule has 1 aliphatic rings. The predicted molar refractivity (Wildman–Crippen MR) is 109 cm³/mol. The summed E-state index contributed by atoms with van der Waals surface area (Å²) in [5.74, 6) is 0.595. The van der Waals surface area contributed by atoms with E-state index in [-0.39, 0.29) is 11.8 Å². The zero-order valence-electron chi connectivity index (χ0n) is 15.6. The van der Waals surface area contributed by atoms with Crippen LogP contribution < -0.4 is 10.6 Å². The minimum atomic E-state index is 0.0103. The highest BCUT2D eigenvalue weighted by Crippen LogP contribution is 2.30. The number of hydrogen-bond donors (Lipinski definition) is 4. The second-order valence-electron chi connectivity index (χ2n) is 7.18. The van der Waals surface area contributed by atoms with E-state index in [1.165, 1.54) is 0 Å². The van der Waals surface area contributed by atoms with Gasteiger partial charge in [0.2, 0.25) is 11.7 Å². The smallest absolute Gasteiger partial charge is 0.228 e. The van der Waals surface area contributed by atoms with Crippen LogP contribution in [0.5, 0.6) is 0 Å². The van der Waals surface area contributed by atoms with E-state index in [4.69, 9.17) is 0 Å². The molecule has 9 nitrogen and oxygen atoms in total. The van der Waals surface area contributed by atoms with Gasteiger partial charge in [-0.15, -0.1) is 10.2 Å². The minimum absolute atomic E-state index is 0.0103. The van der Waals surface area contributed by atoms with Crippen LogP contribution in [0, 0.1) is 5.92 Å². The van der Waals surface area contributed by atoms with Crippen molar-refractivity contribution in [2.75, 3.05) is 18.4 Å². The third-order valence-electron chi connectivity index (χ3n) is 5.24. The van der Waals surface area contributed by atoms with Crippen molar-refractivity contribution in [1.82, 2.24) is 36.1 Å². The van der Waals surface area contributed by atoms with E-state index >= 15 is 0 Å². The fourth-order valence-electron chi connectivity index (χ4n) is 3.72.